The summed E-state index contributed by atoms with van der Waals surface area (Å²) < 4.78 is 16.2. The van der Waals surface area contributed by atoms with Gasteiger partial charge in [0.1, 0.15) is 17.3 Å². The Morgan fingerprint density at radius 1 is 0.886 bits per heavy atom. The molecule has 0 saturated carbocycles. The lowest BCUT2D eigenvalue weighted by Crippen LogP contribution is -2.19. The largest absolute Gasteiger partial charge is 0.497 e. The second-order valence-corrected chi connectivity index (χ2v) is 8.83. The molecule has 4 rings (SSSR count). The molecule has 0 radical (unpaired) electrons. The van der Waals surface area contributed by atoms with Crippen LogP contribution in [-0.2, 0) is 5.41 Å². The number of urea groups is 1. The predicted molar refractivity (Wildman–Crippen MR) is 133 cm³/mol. The van der Waals surface area contributed by atoms with E-state index in [1.165, 1.54) is 0 Å². The van der Waals surface area contributed by atoms with Gasteiger partial charge in [0.25, 0.3) is 5.91 Å². The number of carbonyl (C=O) groups is 2. The number of amides is 3. The molecule has 3 N–H and O–H groups in total. The molecule has 0 aliphatic carbocycles. The smallest absolute Gasteiger partial charge is 0.324 e. The third kappa shape index (κ3) is 5.89. The number of furan rings is 1. The Bertz CT molecular complexity index is 1330. The molecule has 2 heterocycles. The van der Waals surface area contributed by atoms with Crippen molar-refractivity contribution in [1.82, 2.24) is 5.16 Å². The normalized spacial score (nSPS) is 11.1. The molecule has 180 valence electrons. The van der Waals surface area contributed by atoms with Gasteiger partial charge in [-0.05, 0) is 48.5 Å². The van der Waals surface area contributed by atoms with Crippen molar-refractivity contribution in [2.75, 3.05) is 23.1 Å². The highest BCUT2D eigenvalue weighted by molar-refractivity contribution is 6.03. The summed E-state index contributed by atoms with van der Waals surface area (Å²) in [5.74, 6) is 2.03. The van der Waals surface area contributed by atoms with Gasteiger partial charge in [0.15, 0.2) is 11.6 Å². The van der Waals surface area contributed by atoms with Gasteiger partial charge < -0.3 is 24.3 Å². The maximum Gasteiger partial charge on any atom is 0.324 e. The van der Waals surface area contributed by atoms with Crippen molar-refractivity contribution in [2.45, 2.75) is 26.2 Å². The molecule has 0 unspecified atom stereocenters. The molecule has 0 bridgehead atoms. The van der Waals surface area contributed by atoms with Crippen LogP contribution in [0.4, 0.5) is 22.0 Å². The number of nitrogens with one attached hydrogen (secondary N) is 3. The van der Waals surface area contributed by atoms with Crippen LogP contribution in [0.3, 0.4) is 0 Å². The average Bonchev–Trinajstić information content (AvgIpc) is 3.50. The molecule has 4 aromatic rings. The lowest BCUT2D eigenvalue weighted by atomic mass is 9.93. The number of methoxy groups -OCH3 is 1. The van der Waals surface area contributed by atoms with Crippen molar-refractivity contribution in [2.24, 2.45) is 0 Å². The number of aromatic nitrogens is 1. The van der Waals surface area contributed by atoms with E-state index >= 15 is 0 Å². The van der Waals surface area contributed by atoms with Crippen LogP contribution in [0.2, 0.25) is 0 Å². The van der Waals surface area contributed by atoms with Gasteiger partial charge >= 0.3 is 6.03 Å². The quantitative estimate of drug-likeness (QED) is 0.309. The van der Waals surface area contributed by atoms with E-state index in [0.717, 1.165) is 5.56 Å². The maximum absolute atomic E-state index is 12.6. The van der Waals surface area contributed by atoms with E-state index < -0.39 is 11.9 Å². The highest BCUT2D eigenvalue weighted by atomic mass is 16.5. The van der Waals surface area contributed by atoms with Crippen LogP contribution >= 0.6 is 0 Å². The minimum Gasteiger partial charge on any atom is -0.497 e. The number of ether oxygens (including phenoxy) is 1. The molecule has 2 aromatic carbocycles. The number of nitrogens with zero attached hydrogens (tertiary/aromatic N) is 1. The Morgan fingerprint density at radius 2 is 1.60 bits per heavy atom. The third-order valence-electron chi connectivity index (χ3n) is 5.08. The Balaban J connectivity index is 1.33. The first-order chi connectivity index (χ1) is 16.7. The Morgan fingerprint density at radius 3 is 2.26 bits per heavy atom. The standard InChI is InChI=1S/C26H26N4O5/c1-26(2,3)22-15-23(30-35-22)29-25(32)28-18-10-8-17(9-11-18)27-24(31)21-13-12-20(34-21)16-6-5-7-19(14-16)33-4/h5-15H,1-4H3,(H,27,31)(H2,28,29,30,32). The molecular formula is C26H26N4O5. The number of benzene rings is 2. The zero-order valence-electron chi connectivity index (χ0n) is 19.8. The fraction of sp³-hybridized carbons (Fsp3) is 0.192. The first kappa shape index (κ1) is 23.6. The highest BCUT2D eigenvalue weighted by Gasteiger charge is 2.20. The molecule has 35 heavy (non-hydrogen) atoms. The molecular weight excluding hydrogens is 448 g/mol. The molecule has 0 fully saturated rings. The number of hydrogen-bond acceptors (Lipinski definition) is 6. The molecule has 0 saturated heterocycles. The second-order valence-electron chi connectivity index (χ2n) is 8.83. The summed E-state index contributed by atoms with van der Waals surface area (Å²) in [5, 5.41) is 12.0. The summed E-state index contributed by atoms with van der Waals surface area (Å²) in [6, 6.07) is 18.6. The SMILES string of the molecule is COc1cccc(-c2ccc(C(=O)Nc3ccc(NC(=O)Nc4cc(C(C)(C)C)on4)cc3)o2)c1. The summed E-state index contributed by atoms with van der Waals surface area (Å²) in [6.07, 6.45) is 0. The van der Waals surface area contributed by atoms with Gasteiger partial charge in [-0.2, -0.15) is 0 Å². The molecule has 0 aliphatic heterocycles. The van der Waals surface area contributed by atoms with Gasteiger partial charge in [-0.3, -0.25) is 10.1 Å². The topological polar surface area (TPSA) is 119 Å². The predicted octanol–water partition coefficient (Wildman–Crippen LogP) is 6.14. The van der Waals surface area contributed by atoms with E-state index in [1.54, 1.807) is 49.6 Å². The van der Waals surface area contributed by atoms with Crippen LogP contribution in [0, 0.1) is 0 Å². The van der Waals surface area contributed by atoms with Crippen molar-refractivity contribution in [3.8, 4) is 17.1 Å². The monoisotopic (exact) mass is 474 g/mol. The van der Waals surface area contributed by atoms with Gasteiger partial charge in [-0.1, -0.05) is 38.1 Å². The minimum atomic E-state index is -0.462. The van der Waals surface area contributed by atoms with Crippen molar-refractivity contribution in [3.63, 3.8) is 0 Å². The fourth-order valence-electron chi connectivity index (χ4n) is 3.19. The molecule has 0 aliphatic rings. The highest BCUT2D eigenvalue weighted by Crippen LogP contribution is 2.27. The van der Waals surface area contributed by atoms with Gasteiger partial charge in [0.2, 0.25) is 0 Å². The second kappa shape index (κ2) is 9.76. The number of anilines is 3. The van der Waals surface area contributed by atoms with E-state index in [1.807, 2.05) is 45.0 Å². The Labute approximate surface area is 202 Å². The Kier molecular flexibility index (Phi) is 6.59. The van der Waals surface area contributed by atoms with E-state index in [-0.39, 0.29) is 11.2 Å². The van der Waals surface area contributed by atoms with E-state index in [2.05, 4.69) is 21.1 Å². The molecule has 2 aromatic heterocycles. The van der Waals surface area contributed by atoms with Crippen LogP contribution < -0.4 is 20.7 Å². The molecule has 3 amide bonds. The summed E-state index contributed by atoms with van der Waals surface area (Å²) in [4.78, 5) is 24.8. The van der Waals surface area contributed by atoms with E-state index in [4.69, 9.17) is 13.7 Å². The van der Waals surface area contributed by atoms with Crippen LogP contribution in [-0.4, -0.2) is 24.2 Å². The van der Waals surface area contributed by atoms with Gasteiger partial charge in [0, 0.05) is 28.4 Å². The number of carbonyl (C=O) groups excluding carboxylic acids is 2. The lowest BCUT2D eigenvalue weighted by Gasteiger charge is -2.12. The molecule has 9 nitrogen and oxygen atoms in total. The summed E-state index contributed by atoms with van der Waals surface area (Å²) in [7, 11) is 1.59. The first-order valence-corrected chi connectivity index (χ1v) is 10.9. The number of rotatable bonds is 6. The van der Waals surface area contributed by atoms with Gasteiger partial charge in [-0.15, -0.1) is 0 Å². The van der Waals surface area contributed by atoms with E-state index in [9.17, 15) is 9.59 Å². The van der Waals surface area contributed by atoms with Gasteiger partial charge in [0.05, 0.1) is 7.11 Å². The zero-order chi connectivity index (χ0) is 25.0. The average molecular weight is 475 g/mol. The fourth-order valence-corrected chi connectivity index (χ4v) is 3.19. The van der Waals surface area contributed by atoms with Gasteiger partial charge in [-0.25, -0.2) is 4.79 Å². The number of hydrogen-bond donors (Lipinski definition) is 3. The van der Waals surface area contributed by atoms with Crippen LogP contribution in [0.5, 0.6) is 5.75 Å². The third-order valence-corrected chi connectivity index (χ3v) is 5.08. The van der Waals surface area contributed by atoms with Crippen molar-refractivity contribution < 1.29 is 23.3 Å². The van der Waals surface area contributed by atoms with Crippen molar-refractivity contribution >= 4 is 29.1 Å². The Hall–Kier alpha value is -4.53. The summed E-state index contributed by atoms with van der Waals surface area (Å²) in [6.45, 7) is 5.97. The minimum absolute atomic E-state index is 0.173. The summed E-state index contributed by atoms with van der Waals surface area (Å²) in [5.41, 5.74) is 1.68. The van der Waals surface area contributed by atoms with Crippen molar-refractivity contribution in [3.05, 3.63) is 78.3 Å². The first-order valence-electron chi connectivity index (χ1n) is 10.9. The summed E-state index contributed by atoms with van der Waals surface area (Å²) >= 11 is 0. The van der Waals surface area contributed by atoms with Crippen LogP contribution in [0.15, 0.2) is 75.7 Å². The maximum atomic E-state index is 12.6. The lowest BCUT2D eigenvalue weighted by molar-refractivity contribution is 0.0997. The van der Waals surface area contributed by atoms with Crippen molar-refractivity contribution in [1.29, 1.82) is 0 Å². The molecule has 9 heteroatoms. The van der Waals surface area contributed by atoms with Crippen LogP contribution in [0.25, 0.3) is 11.3 Å². The zero-order valence-corrected chi connectivity index (χ0v) is 19.8. The van der Waals surface area contributed by atoms with E-state index in [0.29, 0.717) is 34.5 Å². The van der Waals surface area contributed by atoms with Crippen LogP contribution in [0.1, 0.15) is 37.1 Å². The molecule has 0 atom stereocenters. The molecule has 0 spiro atoms.